The molecule has 4 nitrogen and oxygen atoms in total. The summed E-state index contributed by atoms with van der Waals surface area (Å²) in [4.78, 5) is 28.1. The van der Waals surface area contributed by atoms with Gasteiger partial charge < -0.3 is 9.80 Å². The minimum atomic E-state index is 0.112. The summed E-state index contributed by atoms with van der Waals surface area (Å²) in [6.45, 7) is 1.51. The molecule has 2 fully saturated rings. The maximum absolute atomic E-state index is 12.6. The summed E-state index contributed by atoms with van der Waals surface area (Å²) in [5.41, 5.74) is 1.84. The monoisotopic (exact) mass is 314 g/mol. The van der Waals surface area contributed by atoms with Gasteiger partial charge in [0.2, 0.25) is 5.91 Å². The molecule has 0 bridgehead atoms. The third kappa shape index (κ3) is 3.74. The Kier molecular flexibility index (Phi) is 4.99. The SMILES string of the molecule is CN(C(=O)c1ccc(CN2CCCC2=O)cc1)C1CCCCC1. The van der Waals surface area contributed by atoms with Crippen LogP contribution in [0, 0.1) is 0 Å². The zero-order valence-electron chi connectivity index (χ0n) is 14.0. The van der Waals surface area contributed by atoms with Crippen molar-refractivity contribution in [2.24, 2.45) is 0 Å². The topological polar surface area (TPSA) is 40.6 Å². The zero-order chi connectivity index (χ0) is 16.2. The van der Waals surface area contributed by atoms with Crippen molar-refractivity contribution in [1.29, 1.82) is 0 Å². The quantitative estimate of drug-likeness (QED) is 0.856. The average molecular weight is 314 g/mol. The Morgan fingerprint density at radius 3 is 2.43 bits per heavy atom. The second-order valence-corrected chi connectivity index (χ2v) is 6.82. The molecule has 2 amide bonds. The van der Waals surface area contributed by atoms with Crippen molar-refractivity contribution >= 4 is 11.8 Å². The highest BCUT2D eigenvalue weighted by molar-refractivity contribution is 5.94. The molecule has 0 atom stereocenters. The van der Waals surface area contributed by atoms with Crippen LogP contribution in [0.2, 0.25) is 0 Å². The zero-order valence-corrected chi connectivity index (χ0v) is 14.0. The van der Waals surface area contributed by atoms with Crippen molar-refractivity contribution in [3.63, 3.8) is 0 Å². The molecular formula is C19H26N2O2. The molecule has 1 saturated heterocycles. The van der Waals surface area contributed by atoms with Gasteiger partial charge in [0.15, 0.2) is 0 Å². The number of nitrogens with zero attached hydrogens (tertiary/aromatic N) is 2. The standard InChI is InChI=1S/C19H26N2O2/c1-20(17-6-3-2-4-7-17)19(23)16-11-9-15(10-12-16)14-21-13-5-8-18(21)22/h9-12,17H,2-8,13-14H2,1H3. The van der Waals surface area contributed by atoms with E-state index in [1.807, 2.05) is 41.1 Å². The third-order valence-corrected chi connectivity index (χ3v) is 5.19. The Bertz CT molecular complexity index is 561. The van der Waals surface area contributed by atoms with Crippen molar-refractivity contribution in [2.45, 2.75) is 57.5 Å². The highest BCUT2D eigenvalue weighted by Gasteiger charge is 2.23. The first kappa shape index (κ1) is 16.0. The number of likely N-dealkylation sites (tertiary alicyclic amines) is 1. The molecule has 1 aliphatic carbocycles. The largest absolute Gasteiger partial charge is 0.339 e. The average Bonchev–Trinajstić information content (AvgIpc) is 3.00. The Hall–Kier alpha value is -1.84. The summed E-state index contributed by atoms with van der Waals surface area (Å²) >= 11 is 0. The number of amides is 2. The second-order valence-electron chi connectivity index (χ2n) is 6.82. The lowest BCUT2D eigenvalue weighted by molar-refractivity contribution is -0.128. The summed E-state index contributed by atoms with van der Waals surface area (Å²) in [7, 11) is 1.93. The fourth-order valence-electron chi connectivity index (χ4n) is 3.68. The van der Waals surface area contributed by atoms with Crippen molar-refractivity contribution in [1.82, 2.24) is 9.80 Å². The van der Waals surface area contributed by atoms with E-state index in [4.69, 9.17) is 0 Å². The molecule has 3 rings (SSSR count). The van der Waals surface area contributed by atoms with Gasteiger partial charge in [-0.15, -0.1) is 0 Å². The molecule has 0 radical (unpaired) electrons. The van der Waals surface area contributed by atoms with Crippen LogP contribution in [0.25, 0.3) is 0 Å². The maximum atomic E-state index is 12.6. The molecule has 124 valence electrons. The fourth-order valence-corrected chi connectivity index (χ4v) is 3.68. The first-order chi connectivity index (χ1) is 11.1. The van der Waals surface area contributed by atoms with Gasteiger partial charge >= 0.3 is 0 Å². The van der Waals surface area contributed by atoms with Gasteiger partial charge in [0, 0.05) is 38.2 Å². The summed E-state index contributed by atoms with van der Waals surface area (Å²) in [5.74, 6) is 0.350. The molecule has 0 N–H and O–H groups in total. The normalized spacial score (nSPS) is 19.2. The molecule has 1 saturated carbocycles. The van der Waals surface area contributed by atoms with Crippen LogP contribution in [0.15, 0.2) is 24.3 Å². The lowest BCUT2D eigenvalue weighted by Crippen LogP contribution is -2.38. The first-order valence-electron chi connectivity index (χ1n) is 8.79. The van der Waals surface area contributed by atoms with E-state index >= 15 is 0 Å². The minimum absolute atomic E-state index is 0.112. The molecule has 1 aromatic carbocycles. The van der Waals surface area contributed by atoms with Crippen molar-refractivity contribution < 1.29 is 9.59 Å². The van der Waals surface area contributed by atoms with E-state index in [0.717, 1.165) is 36.9 Å². The van der Waals surface area contributed by atoms with E-state index in [1.54, 1.807) is 0 Å². The predicted octanol–water partition coefficient (Wildman–Crippen LogP) is 3.21. The second kappa shape index (κ2) is 7.16. The molecule has 1 heterocycles. The molecule has 4 heteroatoms. The van der Waals surface area contributed by atoms with Gasteiger partial charge in [-0.2, -0.15) is 0 Å². The molecule has 0 aromatic heterocycles. The van der Waals surface area contributed by atoms with E-state index in [9.17, 15) is 9.59 Å². The molecule has 2 aliphatic rings. The molecule has 1 aromatic rings. The Morgan fingerprint density at radius 1 is 1.13 bits per heavy atom. The number of carbonyl (C=O) groups excluding carboxylic acids is 2. The van der Waals surface area contributed by atoms with Crippen LogP contribution in [0.3, 0.4) is 0 Å². The molecule has 0 spiro atoms. The highest BCUT2D eigenvalue weighted by Crippen LogP contribution is 2.23. The maximum Gasteiger partial charge on any atom is 0.253 e. The van der Waals surface area contributed by atoms with Gasteiger partial charge in [-0.25, -0.2) is 0 Å². The molecule has 1 aliphatic heterocycles. The Labute approximate surface area is 138 Å². The first-order valence-corrected chi connectivity index (χ1v) is 8.79. The van der Waals surface area contributed by atoms with Crippen molar-refractivity contribution in [2.75, 3.05) is 13.6 Å². The predicted molar refractivity (Wildman–Crippen MR) is 90.1 cm³/mol. The molecular weight excluding hydrogens is 288 g/mol. The van der Waals surface area contributed by atoms with Crippen LogP contribution in [-0.4, -0.2) is 41.2 Å². The smallest absolute Gasteiger partial charge is 0.253 e. The summed E-state index contributed by atoms with van der Waals surface area (Å²) in [6.07, 6.45) is 7.62. The number of benzene rings is 1. The molecule has 0 unspecified atom stereocenters. The van der Waals surface area contributed by atoms with Crippen LogP contribution in [0.5, 0.6) is 0 Å². The van der Waals surface area contributed by atoms with Gasteiger partial charge in [0.25, 0.3) is 5.91 Å². The van der Waals surface area contributed by atoms with E-state index in [-0.39, 0.29) is 11.8 Å². The van der Waals surface area contributed by atoms with Gasteiger partial charge in [0.05, 0.1) is 0 Å². The Balaban J connectivity index is 1.61. The van der Waals surface area contributed by atoms with Gasteiger partial charge in [-0.3, -0.25) is 9.59 Å². The van der Waals surface area contributed by atoms with Crippen LogP contribution in [-0.2, 0) is 11.3 Å². The van der Waals surface area contributed by atoms with E-state index in [1.165, 1.54) is 19.3 Å². The summed E-state index contributed by atoms with van der Waals surface area (Å²) in [5, 5.41) is 0. The minimum Gasteiger partial charge on any atom is -0.339 e. The summed E-state index contributed by atoms with van der Waals surface area (Å²) < 4.78 is 0. The fraction of sp³-hybridized carbons (Fsp3) is 0.579. The van der Waals surface area contributed by atoms with Crippen LogP contribution in [0.4, 0.5) is 0 Å². The van der Waals surface area contributed by atoms with Crippen molar-refractivity contribution in [3.05, 3.63) is 35.4 Å². The van der Waals surface area contributed by atoms with E-state index < -0.39 is 0 Å². The lowest BCUT2D eigenvalue weighted by atomic mass is 9.94. The van der Waals surface area contributed by atoms with Gasteiger partial charge in [0.1, 0.15) is 0 Å². The molecule has 23 heavy (non-hydrogen) atoms. The van der Waals surface area contributed by atoms with E-state index in [0.29, 0.717) is 19.0 Å². The van der Waals surface area contributed by atoms with E-state index in [2.05, 4.69) is 0 Å². The van der Waals surface area contributed by atoms with Gasteiger partial charge in [-0.1, -0.05) is 31.4 Å². The number of hydrogen-bond donors (Lipinski definition) is 0. The van der Waals surface area contributed by atoms with Gasteiger partial charge in [-0.05, 0) is 37.0 Å². The Morgan fingerprint density at radius 2 is 1.83 bits per heavy atom. The van der Waals surface area contributed by atoms with Crippen LogP contribution in [0.1, 0.15) is 60.9 Å². The lowest BCUT2D eigenvalue weighted by Gasteiger charge is -2.31. The number of rotatable bonds is 4. The summed E-state index contributed by atoms with van der Waals surface area (Å²) in [6, 6.07) is 8.15. The highest BCUT2D eigenvalue weighted by atomic mass is 16.2. The number of carbonyl (C=O) groups is 2. The van der Waals surface area contributed by atoms with Crippen LogP contribution < -0.4 is 0 Å². The van der Waals surface area contributed by atoms with Crippen molar-refractivity contribution in [3.8, 4) is 0 Å². The van der Waals surface area contributed by atoms with Crippen LogP contribution >= 0.6 is 0 Å². The number of hydrogen-bond acceptors (Lipinski definition) is 2. The third-order valence-electron chi connectivity index (χ3n) is 5.19.